The number of nitrogens with zero attached hydrogens (tertiary/aromatic N) is 1. The summed E-state index contributed by atoms with van der Waals surface area (Å²) in [6, 6.07) is 13.8. The van der Waals surface area contributed by atoms with E-state index < -0.39 is 0 Å². The van der Waals surface area contributed by atoms with Crippen LogP contribution in [0.5, 0.6) is 0 Å². The van der Waals surface area contributed by atoms with E-state index in [-0.39, 0.29) is 5.56 Å². The maximum atomic E-state index is 12.0. The molecule has 2 aromatic rings. The molecular formula is C17H20N2O. The summed E-state index contributed by atoms with van der Waals surface area (Å²) in [6.45, 7) is 2.78. The van der Waals surface area contributed by atoms with E-state index in [4.69, 9.17) is 0 Å². The molecule has 3 heteroatoms. The summed E-state index contributed by atoms with van der Waals surface area (Å²) < 4.78 is 1.82. The molecule has 0 amide bonds. The highest BCUT2D eigenvalue weighted by Crippen LogP contribution is 2.22. The van der Waals surface area contributed by atoms with Gasteiger partial charge in [0, 0.05) is 18.8 Å². The number of hydrogen-bond acceptors (Lipinski definition) is 2. The van der Waals surface area contributed by atoms with Gasteiger partial charge in [0.05, 0.1) is 6.54 Å². The standard InChI is InChI=1S/C17H20N2O/c20-17-9-8-16(15-7-4-10-18-11-15)13-19(17)12-14-5-2-1-3-6-14/h1-3,5-6,8-9,13,15,18H,4,7,10-12H2. The van der Waals surface area contributed by atoms with Crippen LogP contribution in [0.25, 0.3) is 0 Å². The molecule has 1 aliphatic rings. The Kier molecular flexibility index (Phi) is 3.97. The molecule has 1 atom stereocenters. The van der Waals surface area contributed by atoms with Crippen LogP contribution in [0, 0.1) is 0 Å². The van der Waals surface area contributed by atoms with Crippen LogP contribution in [-0.2, 0) is 6.54 Å². The Morgan fingerprint density at radius 2 is 2.00 bits per heavy atom. The van der Waals surface area contributed by atoms with E-state index in [0.29, 0.717) is 12.5 Å². The smallest absolute Gasteiger partial charge is 0.250 e. The van der Waals surface area contributed by atoms with Crippen molar-refractivity contribution in [1.82, 2.24) is 9.88 Å². The molecule has 1 aromatic carbocycles. The third-order valence-corrected chi connectivity index (χ3v) is 3.97. The summed E-state index contributed by atoms with van der Waals surface area (Å²) in [7, 11) is 0. The van der Waals surface area contributed by atoms with Crippen molar-refractivity contribution in [3.05, 3.63) is 70.1 Å². The highest BCUT2D eigenvalue weighted by atomic mass is 16.1. The quantitative estimate of drug-likeness (QED) is 0.927. The van der Waals surface area contributed by atoms with Gasteiger partial charge in [-0.3, -0.25) is 4.79 Å². The molecule has 20 heavy (non-hydrogen) atoms. The largest absolute Gasteiger partial charge is 0.316 e. The van der Waals surface area contributed by atoms with Crippen molar-refractivity contribution in [3.8, 4) is 0 Å². The Morgan fingerprint density at radius 1 is 1.15 bits per heavy atom. The Labute approximate surface area is 119 Å². The minimum absolute atomic E-state index is 0.0707. The van der Waals surface area contributed by atoms with Gasteiger partial charge in [0.15, 0.2) is 0 Å². The lowest BCUT2D eigenvalue weighted by atomic mass is 9.93. The van der Waals surface area contributed by atoms with E-state index in [1.807, 2.05) is 35.0 Å². The van der Waals surface area contributed by atoms with Crippen molar-refractivity contribution in [1.29, 1.82) is 0 Å². The van der Waals surface area contributed by atoms with Crippen molar-refractivity contribution in [2.75, 3.05) is 13.1 Å². The molecular weight excluding hydrogens is 248 g/mol. The van der Waals surface area contributed by atoms with Crippen molar-refractivity contribution in [2.24, 2.45) is 0 Å². The van der Waals surface area contributed by atoms with Crippen molar-refractivity contribution in [2.45, 2.75) is 25.3 Å². The van der Waals surface area contributed by atoms with Gasteiger partial charge in [0.1, 0.15) is 0 Å². The van der Waals surface area contributed by atoms with E-state index in [9.17, 15) is 4.79 Å². The van der Waals surface area contributed by atoms with Crippen LogP contribution in [0.3, 0.4) is 0 Å². The first kappa shape index (κ1) is 13.1. The van der Waals surface area contributed by atoms with Gasteiger partial charge < -0.3 is 9.88 Å². The Balaban J connectivity index is 1.85. The zero-order valence-corrected chi connectivity index (χ0v) is 11.6. The molecule has 0 aliphatic carbocycles. The predicted molar refractivity (Wildman–Crippen MR) is 81.1 cm³/mol. The summed E-state index contributed by atoms with van der Waals surface area (Å²) in [5, 5.41) is 3.43. The molecule has 1 unspecified atom stereocenters. The molecule has 0 bridgehead atoms. The zero-order chi connectivity index (χ0) is 13.8. The number of aromatic nitrogens is 1. The monoisotopic (exact) mass is 268 g/mol. The first-order valence-corrected chi connectivity index (χ1v) is 7.28. The summed E-state index contributed by atoms with van der Waals surface area (Å²) in [5.41, 5.74) is 2.50. The molecule has 1 aliphatic heterocycles. The van der Waals surface area contributed by atoms with Crippen LogP contribution in [0.2, 0.25) is 0 Å². The fourth-order valence-electron chi connectivity index (χ4n) is 2.83. The van der Waals surface area contributed by atoms with Gasteiger partial charge in [0.2, 0.25) is 0 Å². The van der Waals surface area contributed by atoms with Crippen LogP contribution < -0.4 is 10.9 Å². The van der Waals surface area contributed by atoms with Gasteiger partial charge in [-0.2, -0.15) is 0 Å². The second-order valence-corrected chi connectivity index (χ2v) is 5.46. The van der Waals surface area contributed by atoms with Crippen molar-refractivity contribution in [3.63, 3.8) is 0 Å². The van der Waals surface area contributed by atoms with Crippen LogP contribution in [0.1, 0.15) is 29.9 Å². The molecule has 1 fully saturated rings. The molecule has 0 spiro atoms. The normalized spacial score (nSPS) is 18.9. The van der Waals surface area contributed by atoms with Crippen molar-refractivity contribution >= 4 is 0 Å². The molecule has 1 N–H and O–H groups in total. The SMILES string of the molecule is O=c1ccc(C2CCCNC2)cn1Cc1ccccc1. The first-order valence-electron chi connectivity index (χ1n) is 7.28. The number of rotatable bonds is 3. The minimum atomic E-state index is 0.0707. The fraction of sp³-hybridized carbons (Fsp3) is 0.353. The molecule has 1 saturated heterocycles. The molecule has 0 radical (unpaired) electrons. The van der Waals surface area contributed by atoms with Gasteiger partial charge in [-0.15, -0.1) is 0 Å². The number of benzene rings is 1. The minimum Gasteiger partial charge on any atom is -0.316 e. The average molecular weight is 268 g/mol. The summed E-state index contributed by atoms with van der Waals surface area (Å²) in [4.78, 5) is 12.0. The van der Waals surface area contributed by atoms with Gasteiger partial charge in [-0.25, -0.2) is 0 Å². The van der Waals surface area contributed by atoms with Gasteiger partial charge in [-0.05, 0) is 36.4 Å². The molecule has 2 heterocycles. The summed E-state index contributed by atoms with van der Waals surface area (Å²) >= 11 is 0. The lowest BCUT2D eigenvalue weighted by Gasteiger charge is -2.23. The number of hydrogen-bond donors (Lipinski definition) is 1. The molecule has 3 rings (SSSR count). The van der Waals surface area contributed by atoms with E-state index in [1.165, 1.54) is 18.4 Å². The average Bonchev–Trinajstić information content (AvgIpc) is 2.51. The maximum Gasteiger partial charge on any atom is 0.250 e. The lowest BCUT2D eigenvalue weighted by molar-refractivity contribution is 0.459. The van der Waals surface area contributed by atoms with Crippen LogP contribution in [0.15, 0.2) is 53.5 Å². The Morgan fingerprint density at radius 3 is 2.75 bits per heavy atom. The second-order valence-electron chi connectivity index (χ2n) is 5.46. The highest BCUT2D eigenvalue weighted by Gasteiger charge is 2.15. The molecule has 104 valence electrons. The third kappa shape index (κ3) is 2.99. The van der Waals surface area contributed by atoms with Gasteiger partial charge in [-0.1, -0.05) is 36.4 Å². The zero-order valence-electron chi connectivity index (χ0n) is 11.6. The maximum absolute atomic E-state index is 12.0. The summed E-state index contributed by atoms with van der Waals surface area (Å²) in [6.07, 6.45) is 4.45. The second kappa shape index (κ2) is 6.06. The summed E-state index contributed by atoms with van der Waals surface area (Å²) in [5.74, 6) is 0.534. The topological polar surface area (TPSA) is 34.0 Å². The predicted octanol–water partition coefficient (Wildman–Crippen LogP) is 2.36. The molecule has 0 saturated carbocycles. The highest BCUT2D eigenvalue weighted by molar-refractivity contribution is 5.20. The van der Waals surface area contributed by atoms with Crippen LogP contribution in [0.4, 0.5) is 0 Å². The van der Waals surface area contributed by atoms with Gasteiger partial charge in [0.25, 0.3) is 5.56 Å². The van der Waals surface area contributed by atoms with Crippen molar-refractivity contribution < 1.29 is 0 Å². The van der Waals surface area contributed by atoms with E-state index in [0.717, 1.165) is 18.7 Å². The lowest BCUT2D eigenvalue weighted by Crippen LogP contribution is -2.29. The van der Waals surface area contributed by atoms with E-state index in [1.54, 1.807) is 6.07 Å². The molecule has 3 nitrogen and oxygen atoms in total. The van der Waals surface area contributed by atoms with Crippen LogP contribution in [-0.4, -0.2) is 17.7 Å². The van der Waals surface area contributed by atoms with E-state index in [2.05, 4.69) is 17.4 Å². The Hall–Kier alpha value is -1.87. The number of piperidine rings is 1. The van der Waals surface area contributed by atoms with Gasteiger partial charge >= 0.3 is 0 Å². The third-order valence-electron chi connectivity index (χ3n) is 3.97. The van der Waals surface area contributed by atoms with E-state index >= 15 is 0 Å². The molecule has 1 aromatic heterocycles. The fourth-order valence-corrected chi connectivity index (χ4v) is 2.83. The number of pyridine rings is 1. The first-order chi connectivity index (χ1) is 9.83. The number of nitrogens with one attached hydrogen (secondary N) is 1. The Bertz CT molecular complexity index is 612. The van der Waals surface area contributed by atoms with Crippen LogP contribution >= 0.6 is 0 Å².